The lowest BCUT2D eigenvalue weighted by Crippen LogP contribution is -2.33. The molecule has 5 heterocycles. The highest BCUT2D eigenvalue weighted by Crippen LogP contribution is 2.62. The molecular weight excluding hydrogens is 579 g/mol. The van der Waals surface area contributed by atoms with Gasteiger partial charge in [0.15, 0.2) is 11.5 Å². The second kappa shape index (κ2) is 9.57. The van der Waals surface area contributed by atoms with Crippen molar-refractivity contribution in [2.75, 3.05) is 19.7 Å². The first kappa shape index (κ1) is 26.3. The molecule has 1 N–H and O–H groups in total. The van der Waals surface area contributed by atoms with Crippen molar-refractivity contribution in [1.29, 1.82) is 0 Å². The van der Waals surface area contributed by atoms with Crippen LogP contribution in [0.1, 0.15) is 46.7 Å². The molecule has 2 aromatic heterocycles. The van der Waals surface area contributed by atoms with E-state index in [9.17, 15) is 9.90 Å². The smallest absolute Gasteiger partial charge is 0.335 e. The van der Waals surface area contributed by atoms with Crippen LogP contribution in [-0.2, 0) is 23.6 Å². The molecule has 0 radical (unpaired) electrons. The molecule has 3 aliphatic heterocycles. The van der Waals surface area contributed by atoms with Crippen LogP contribution >= 0.6 is 23.2 Å². The topological polar surface area (TPSA) is 98.9 Å². The molecule has 2 saturated heterocycles. The molecule has 42 heavy (non-hydrogen) atoms. The van der Waals surface area contributed by atoms with Gasteiger partial charge in [-0.05, 0) is 54.5 Å². The fourth-order valence-corrected chi connectivity index (χ4v) is 7.24. The zero-order chi connectivity index (χ0) is 28.7. The van der Waals surface area contributed by atoms with E-state index in [1.807, 2.05) is 25.1 Å². The van der Waals surface area contributed by atoms with E-state index in [1.165, 1.54) is 11.6 Å². The fraction of sp³-hybridized carbons (Fsp3) is 0.387. The standard InChI is InChI=1S/C31H28Cl2N4O5/c1-31(25-6-5-17(32)11-34-25)41-24-4-2-3-19(29(24)42-31)27-20-13-36(14-21(20)27)15-26-35-28-22(33)9-16(30(38)39)10-23(28)37(26)12-18-7-8-40-18/h2-6,9-11,18,20-21,27H,7-8,12-15H2,1H3,(H,38,39)/t18?,20-,21+,27?,31?. The number of hydrogen-bond acceptors (Lipinski definition) is 7. The Kier molecular flexibility index (Phi) is 5.99. The number of rotatable bonds is 7. The summed E-state index contributed by atoms with van der Waals surface area (Å²) in [4.78, 5) is 23.5. The van der Waals surface area contributed by atoms with Crippen LogP contribution in [0.5, 0.6) is 11.5 Å². The number of pyridine rings is 1. The summed E-state index contributed by atoms with van der Waals surface area (Å²) in [5.41, 5.74) is 3.38. The molecule has 8 rings (SSSR count). The van der Waals surface area contributed by atoms with E-state index >= 15 is 0 Å². The Labute approximate surface area is 251 Å². The molecule has 0 spiro atoms. The third kappa shape index (κ3) is 4.25. The van der Waals surface area contributed by atoms with E-state index in [2.05, 4.69) is 20.5 Å². The molecule has 4 aromatic rings. The molecule has 216 valence electrons. The number of halogens is 2. The Morgan fingerprint density at radius 1 is 1.14 bits per heavy atom. The zero-order valence-corrected chi connectivity index (χ0v) is 24.3. The summed E-state index contributed by atoms with van der Waals surface area (Å²) in [6.45, 7) is 5.79. The zero-order valence-electron chi connectivity index (χ0n) is 22.8. The van der Waals surface area contributed by atoms with E-state index in [4.69, 9.17) is 42.4 Å². The molecule has 2 aromatic carbocycles. The highest BCUT2D eigenvalue weighted by molar-refractivity contribution is 6.35. The van der Waals surface area contributed by atoms with Crippen LogP contribution in [0, 0.1) is 11.8 Å². The maximum absolute atomic E-state index is 11.7. The predicted octanol–water partition coefficient (Wildman–Crippen LogP) is 5.71. The van der Waals surface area contributed by atoms with Crippen molar-refractivity contribution in [3.8, 4) is 11.5 Å². The molecular formula is C31H28Cl2N4O5. The molecule has 11 heteroatoms. The number of benzene rings is 2. The number of piperidine rings is 1. The highest BCUT2D eigenvalue weighted by atomic mass is 35.5. The van der Waals surface area contributed by atoms with Crippen LogP contribution in [-0.4, -0.2) is 56.3 Å². The third-order valence-corrected chi connectivity index (χ3v) is 9.62. The first-order chi connectivity index (χ1) is 20.3. The largest absolute Gasteiger partial charge is 0.478 e. The molecule has 1 aliphatic carbocycles. The second-order valence-corrected chi connectivity index (χ2v) is 12.6. The lowest BCUT2D eigenvalue weighted by atomic mass is 10.0. The Bertz CT molecular complexity index is 1730. The lowest BCUT2D eigenvalue weighted by molar-refractivity contribution is -0.0721. The van der Waals surface area contributed by atoms with Crippen LogP contribution in [0.3, 0.4) is 0 Å². The molecule has 0 bridgehead atoms. The van der Waals surface area contributed by atoms with Crippen LogP contribution in [0.4, 0.5) is 0 Å². The van der Waals surface area contributed by atoms with Crippen LogP contribution < -0.4 is 9.47 Å². The third-order valence-electron chi connectivity index (χ3n) is 9.11. The molecule has 3 fully saturated rings. The lowest BCUT2D eigenvalue weighted by Gasteiger charge is -2.28. The van der Waals surface area contributed by atoms with Gasteiger partial charge in [0.2, 0.25) is 0 Å². The maximum atomic E-state index is 11.7. The Hall–Kier alpha value is -3.37. The minimum Gasteiger partial charge on any atom is -0.478 e. The van der Waals surface area contributed by atoms with Crippen molar-refractivity contribution in [3.63, 3.8) is 0 Å². The molecule has 3 unspecified atom stereocenters. The van der Waals surface area contributed by atoms with Crippen molar-refractivity contribution in [2.45, 2.75) is 44.2 Å². The number of carbonyl (C=O) groups is 1. The average molecular weight is 607 g/mol. The number of carboxylic acids is 1. The number of fused-ring (bicyclic) bond motifs is 3. The Morgan fingerprint density at radius 3 is 2.64 bits per heavy atom. The summed E-state index contributed by atoms with van der Waals surface area (Å²) < 4.78 is 20.5. The van der Waals surface area contributed by atoms with E-state index in [0.29, 0.717) is 52.1 Å². The molecule has 5 atom stereocenters. The normalized spacial score (nSPS) is 27.7. The molecule has 0 amide bonds. The van der Waals surface area contributed by atoms with Gasteiger partial charge < -0.3 is 23.9 Å². The average Bonchev–Trinajstić information content (AvgIpc) is 3.23. The Morgan fingerprint density at radius 2 is 1.95 bits per heavy atom. The van der Waals surface area contributed by atoms with Crippen LogP contribution in [0.25, 0.3) is 11.0 Å². The fourth-order valence-electron chi connectivity index (χ4n) is 6.87. The van der Waals surface area contributed by atoms with Gasteiger partial charge >= 0.3 is 5.97 Å². The number of para-hydroxylation sites is 1. The van der Waals surface area contributed by atoms with E-state index in [-0.39, 0.29) is 11.7 Å². The van der Waals surface area contributed by atoms with Crippen molar-refractivity contribution in [1.82, 2.24) is 19.4 Å². The number of hydrogen-bond donors (Lipinski definition) is 1. The number of likely N-dealkylation sites (tertiary alicyclic amines) is 1. The minimum atomic E-state index is -1.01. The SMILES string of the molecule is CC1(c2ccc(Cl)cn2)Oc2cccc(C3[C@H]4CN(Cc5nc6c(Cl)cc(C(=O)O)cc6n5CC5CCO5)C[C@@H]34)c2O1. The molecule has 9 nitrogen and oxygen atoms in total. The van der Waals surface area contributed by atoms with Crippen molar-refractivity contribution >= 4 is 40.2 Å². The van der Waals surface area contributed by atoms with Crippen LogP contribution in [0.15, 0.2) is 48.7 Å². The summed E-state index contributed by atoms with van der Waals surface area (Å²) >= 11 is 12.6. The van der Waals surface area contributed by atoms with Gasteiger partial charge in [0.05, 0.1) is 40.3 Å². The Balaban J connectivity index is 1.01. The minimum absolute atomic E-state index is 0.0981. The molecule has 1 saturated carbocycles. The maximum Gasteiger partial charge on any atom is 0.335 e. The summed E-state index contributed by atoms with van der Waals surface area (Å²) in [6.07, 6.45) is 2.67. The van der Waals surface area contributed by atoms with Crippen LogP contribution in [0.2, 0.25) is 10.0 Å². The summed E-state index contributed by atoms with van der Waals surface area (Å²) in [7, 11) is 0. The first-order valence-corrected chi connectivity index (χ1v) is 14.9. The number of imidazole rings is 1. The van der Waals surface area contributed by atoms with E-state index < -0.39 is 11.8 Å². The van der Waals surface area contributed by atoms with Gasteiger partial charge in [-0.2, -0.15) is 0 Å². The van der Waals surface area contributed by atoms with Gasteiger partial charge in [-0.15, -0.1) is 0 Å². The number of carboxylic acid groups (broad SMARTS) is 1. The van der Waals surface area contributed by atoms with Gasteiger partial charge in [0.25, 0.3) is 5.79 Å². The van der Waals surface area contributed by atoms with Gasteiger partial charge in [0.1, 0.15) is 17.0 Å². The predicted molar refractivity (Wildman–Crippen MR) is 155 cm³/mol. The summed E-state index contributed by atoms with van der Waals surface area (Å²) in [5, 5.41) is 10.5. The molecule has 4 aliphatic rings. The quantitative estimate of drug-likeness (QED) is 0.285. The highest BCUT2D eigenvalue weighted by Gasteiger charge is 2.58. The van der Waals surface area contributed by atoms with Gasteiger partial charge in [-0.1, -0.05) is 35.3 Å². The van der Waals surface area contributed by atoms with Gasteiger partial charge in [-0.3, -0.25) is 9.88 Å². The monoisotopic (exact) mass is 606 g/mol. The summed E-state index contributed by atoms with van der Waals surface area (Å²) in [6, 6.07) is 12.9. The number of aromatic nitrogens is 3. The number of ether oxygens (including phenoxy) is 3. The summed E-state index contributed by atoms with van der Waals surface area (Å²) in [5.74, 6) is 1.81. The number of nitrogens with zero attached hydrogens (tertiary/aromatic N) is 4. The second-order valence-electron chi connectivity index (χ2n) is 11.8. The van der Waals surface area contributed by atoms with Crippen molar-refractivity contribution < 1.29 is 24.1 Å². The van der Waals surface area contributed by atoms with Crippen molar-refractivity contribution in [3.05, 3.63) is 81.4 Å². The van der Waals surface area contributed by atoms with Gasteiger partial charge in [0, 0.05) is 38.4 Å². The van der Waals surface area contributed by atoms with E-state index in [1.54, 1.807) is 18.3 Å². The number of aromatic carboxylic acids is 1. The van der Waals surface area contributed by atoms with Crippen molar-refractivity contribution in [2.24, 2.45) is 11.8 Å². The first-order valence-electron chi connectivity index (χ1n) is 14.2. The van der Waals surface area contributed by atoms with E-state index in [0.717, 1.165) is 49.0 Å². The van der Waals surface area contributed by atoms with Gasteiger partial charge in [-0.25, -0.2) is 9.78 Å².